The van der Waals surface area contributed by atoms with Crippen molar-refractivity contribution in [1.82, 2.24) is 24.9 Å². The molecular weight excluding hydrogens is 791 g/mol. The van der Waals surface area contributed by atoms with Crippen molar-refractivity contribution in [3.8, 4) is 78.5 Å². The van der Waals surface area contributed by atoms with E-state index in [1.54, 1.807) is 0 Å². The van der Waals surface area contributed by atoms with E-state index in [1.807, 2.05) is 37.4 Å². The van der Waals surface area contributed by atoms with Crippen molar-refractivity contribution >= 4 is 43.5 Å². The molecule has 0 aliphatic carbocycles. The van der Waals surface area contributed by atoms with Gasteiger partial charge in [-0.05, 0) is 94.0 Å². The van der Waals surface area contributed by atoms with Crippen molar-refractivity contribution in [2.24, 2.45) is 0 Å². The molecule has 8 aromatic carbocycles. The molecule has 0 bridgehead atoms. The van der Waals surface area contributed by atoms with Gasteiger partial charge in [-0.3, -0.25) is 9.97 Å². The Balaban J connectivity index is 0.973. The first-order valence-corrected chi connectivity index (χ1v) is 21.9. The van der Waals surface area contributed by atoms with Gasteiger partial charge < -0.3 is 0 Å². The zero-order valence-electron chi connectivity index (χ0n) is 35.5. The summed E-state index contributed by atoms with van der Waals surface area (Å²) in [6.07, 6.45) is 1.85. The summed E-state index contributed by atoms with van der Waals surface area (Å²) in [6.45, 7) is 2.04. The fraction of sp³-hybridized carbons (Fsp3) is 0.0167. The van der Waals surface area contributed by atoms with Crippen LogP contribution in [0, 0.1) is 6.92 Å². The minimum Gasteiger partial charge on any atom is -0.256 e. The summed E-state index contributed by atoms with van der Waals surface area (Å²) in [5.74, 6) is 0.673. The van der Waals surface area contributed by atoms with Gasteiger partial charge in [0.1, 0.15) is 0 Å². The Bertz CT molecular complexity index is 3800. The Morgan fingerprint density at radius 1 is 0.292 bits per heavy atom. The number of hydrogen-bond acceptors (Lipinski definition) is 5. The summed E-state index contributed by atoms with van der Waals surface area (Å²) in [5, 5.41) is 5.63. The number of benzene rings is 8. The average Bonchev–Trinajstić information content (AvgIpc) is 3.38. The highest BCUT2D eigenvalue weighted by Gasteiger charge is 2.17. The summed E-state index contributed by atoms with van der Waals surface area (Å²) < 4.78 is 0. The van der Waals surface area contributed by atoms with Gasteiger partial charge in [0, 0.05) is 55.9 Å². The van der Waals surface area contributed by atoms with Gasteiger partial charge in [0.2, 0.25) is 0 Å². The van der Waals surface area contributed by atoms with Crippen LogP contribution in [0.2, 0.25) is 0 Å². The Kier molecular flexibility index (Phi) is 9.31. The van der Waals surface area contributed by atoms with Gasteiger partial charge >= 0.3 is 0 Å². The quantitative estimate of drug-likeness (QED) is 0.150. The normalized spacial score (nSPS) is 11.5. The fourth-order valence-electron chi connectivity index (χ4n) is 9.07. The van der Waals surface area contributed by atoms with Gasteiger partial charge in [-0.1, -0.05) is 164 Å². The third kappa shape index (κ3) is 7.15. The van der Waals surface area contributed by atoms with Gasteiger partial charge in [-0.2, -0.15) is 0 Å². The molecule has 12 aromatic rings. The Morgan fingerprint density at radius 3 is 1.65 bits per heavy atom. The first-order chi connectivity index (χ1) is 32.1. The summed E-state index contributed by atoms with van der Waals surface area (Å²) in [4.78, 5) is 25.5. The second-order valence-electron chi connectivity index (χ2n) is 16.6. The van der Waals surface area contributed by atoms with E-state index in [0.717, 1.165) is 111 Å². The Labute approximate surface area is 376 Å². The second-order valence-corrected chi connectivity index (χ2v) is 16.6. The van der Waals surface area contributed by atoms with E-state index in [1.165, 1.54) is 10.8 Å². The van der Waals surface area contributed by atoms with Crippen molar-refractivity contribution in [2.45, 2.75) is 6.92 Å². The van der Waals surface area contributed by atoms with E-state index >= 15 is 0 Å². The van der Waals surface area contributed by atoms with Gasteiger partial charge in [0.25, 0.3) is 0 Å². The Morgan fingerprint density at radius 2 is 0.846 bits per heavy atom. The van der Waals surface area contributed by atoms with Crippen LogP contribution in [0.15, 0.2) is 219 Å². The van der Waals surface area contributed by atoms with Crippen LogP contribution in [0.3, 0.4) is 0 Å². The lowest BCUT2D eigenvalue weighted by molar-refractivity contribution is 1.18. The maximum atomic E-state index is 5.35. The molecule has 0 spiro atoms. The van der Waals surface area contributed by atoms with Crippen molar-refractivity contribution in [1.29, 1.82) is 0 Å². The predicted molar refractivity (Wildman–Crippen MR) is 268 cm³/mol. The van der Waals surface area contributed by atoms with Crippen LogP contribution in [-0.2, 0) is 0 Å². The molecule has 0 saturated heterocycles. The molecule has 0 aliphatic rings. The summed E-state index contributed by atoms with van der Waals surface area (Å²) in [6, 6.07) is 74.7. The zero-order valence-corrected chi connectivity index (χ0v) is 35.5. The van der Waals surface area contributed by atoms with Crippen LogP contribution in [0.25, 0.3) is 122 Å². The van der Waals surface area contributed by atoms with Crippen LogP contribution in [0.5, 0.6) is 0 Å². The summed E-state index contributed by atoms with van der Waals surface area (Å²) in [7, 11) is 0. The van der Waals surface area contributed by atoms with Crippen molar-refractivity contribution in [3.05, 3.63) is 224 Å². The number of fused-ring (bicyclic) bond motifs is 5. The van der Waals surface area contributed by atoms with E-state index in [4.69, 9.17) is 24.9 Å². The number of para-hydroxylation sites is 1. The Hall–Kier alpha value is -8.67. The predicted octanol–water partition coefficient (Wildman–Crippen LogP) is 15.3. The van der Waals surface area contributed by atoms with Gasteiger partial charge in [0.15, 0.2) is 5.82 Å². The molecule has 4 heterocycles. The lowest BCUT2D eigenvalue weighted by Gasteiger charge is -2.14. The molecule has 4 aromatic heterocycles. The first-order valence-electron chi connectivity index (χ1n) is 21.9. The average molecular weight is 830 g/mol. The molecular formula is C60H39N5. The van der Waals surface area contributed by atoms with Gasteiger partial charge in [-0.25, -0.2) is 15.0 Å². The molecule has 0 unspecified atom stereocenters. The molecule has 0 fully saturated rings. The minimum absolute atomic E-state index is 0.673. The standard InChI is InChI=1S/C60H39N5/c1-38-25-26-41-29-30-52-53(36-54(63-59(52)58(41)62-38)50-28-27-39-12-5-6-15-43(39)33-50)47-20-7-17-44(32-47)45-18-8-21-48(34-45)55-37-56(65-60(64-55)42-13-3-2-4-14-42)49-22-9-19-46(35-49)51-24-10-16-40-23-11-31-61-57(40)51/h2-37H,1H3. The molecule has 0 amide bonds. The van der Waals surface area contributed by atoms with E-state index < -0.39 is 0 Å². The molecule has 0 aliphatic heterocycles. The molecule has 0 atom stereocenters. The lowest BCUT2D eigenvalue weighted by atomic mass is 9.93. The highest BCUT2D eigenvalue weighted by molar-refractivity contribution is 6.09. The van der Waals surface area contributed by atoms with Crippen LogP contribution in [-0.4, -0.2) is 24.9 Å². The number of rotatable bonds is 7. The highest BCUT2D eigenvalue weighted by atomic mass is 14.9. The number of aryl methyl sites for hydroxylation is 1. The van der Waals surface area contributed by atoms with Crippen molar-refractivity contribution in [3.63, 3.8) is 0 Å². The topological polar surface area (TPSA) is 64.5 Å². The van der Waals surface area contributed by atoms with Crippen LogP contribution < -0.4 is 0 Å². The number of nitrogens with zero attached hydrogens (tertiary/aromatic N) is 5. The smallest absolute Gasteiger partial charge is 0.160 e. The van der Waals surface area contributed by atoms with Crippen LogP contribution in [0.4, 0.5) is 0 Å². The van der Waals surface area contributed by atoms with E-state index in [-0.39, 0.29) is 0 Å². The first kappa shape index (κ1) is 38.0. The third-order valence-corrected chi connectivity index (χ3v) is 12.3. The fourth-order valence-corrected chi connectivity index (χ4v) is 9.07. The molecule has 0 N–H and O–H groups in total. The van der Waals surface area contributed by atoms with Gasteiger partial charge in [-0.15, -0.1) is 0 Å². The number of aromatic nitrogens is 5. The third-order valence-electron chi connectivity index (χ3n) is 12.3. The minimum atomic E-state index is 0.673. The largest absolute Gasteiger partial charge is 0.256 e. The molecule has 0 saturated carbocycles. The molecule has 304 valence electrons. The van der Waals surface area contributed by atoms with E-state index in [0.29, 0.717) is 5.82 Å². The van der Waals surface area contributed by atoms with Crippen molar-refractivity contribution < 1.29 is 0 Å². The van der Waals surface area contributed by atoms with Gasteiger partial charge in [0.05, 0.1) is 33.6 Å². The molecule has 5 heteroatoms. The maximum Gasteiger partial charge on any atom is 0.160 e. The van der Waals surface area contributed by atoms with E-state index in [9.17, 15) is 0 Å². The molecule has 5 nitrogen and oxygen atoms in total. The second kappa shape index (κ2) is 15.9. The monoisotopic (exact) mass is 829 g/mol. The van der Waals surface area contributed by atoms with Crippen LogP contribution in [0.1, 0.15) is 5.69 Å². The molecule has 12 rings (SSSR count). The van der Waals surface area contributed by atoms with Crippen LogP contribution >= 0.6 is 0 Å². The molecule has 65 heavy (non-hydrogen) atoms. The summed E-state index contributed by atoms with van der Waals surface area (Å²) in [5.41, 5.74) is 17.0. The summed E-state index contributed by atoms with van der Waals surface area (Å²) >= 11 is 0. The maximum absolute atomic E-state index is 5.35. The highest BCUT2D eigenvalue weighted by Crippen LogP contribution is 2.39. The van der Waals surface area contributed by atoms with Crippen molar-refractivity contribution in [2.75, 3.05) is 0 Å². The van der Waals surface area contributed by atoms with E-state index in [2.05, 4.69) is 188 Å². The number of pyridine rings is 3. The zero-order chi connectivity index (χ0) is 43.3. The lowest BCUT2D eigenvalue weighted by Crippen LogP contribution is -1.96. The molecule has 0 radical (unpaired) electrons. The SMILES string of the molecule is Cc1ccc2ccc3c(-c4cccc(-c5cccc(-c6cc(-c7cccc(-c8cccc9cccnc89)c7)nc(-c7ccccc7)n6)c5)c4)cc(-c4ccc5ccccc5c4)nc3c2n1. The number of hydrogen-bond donors (Lipinski definition) is 0.